The van der Waals surface area contributed by atoms with Crippen LogP contribution in [0.2, 0.25) is 0 Å². The number of nitrogens with one attached hydrogen (secondary N) is 1. The van der Waals surface area contributed by atoms with Crippen molar-refractivity contribution in [1.29, 1.82) is 0 Å². The van der Waals surface area contributed by atoms with E-state index < -0.39 is 0 Å². The number of hydrogen-bond acceptors (Lipinski definition) is 6. The topological polar surface area (TPSA) is 77.0 Å². The molecule has 0 aromatic carbocycles. The second-order valence-electron chi connectivity index (χ2n) is 6.03. The van der Waals surface area contributed by atoms with Crippen molar-refractivity contribution >= 4 is 17.2 Å². The van der Waals surface area contributed by atoms with E-state index in [0.717, 1.165) is 6.42 Å². The number of amides is 1. The molecule has 0 saturated heterocycles. The van der Waals surface area contributed by atoms with E-state index in [2.05, 4.69) is 27.2 Å². The second-order valence-corrected chi connectivity index (χ2v) is 7.06. The van der Waals surface area contributed by atoms with Crippen LogP contribution in [0.1, 0.15) is 42.3 Å². The molecule has 2 atom stereocenters. The fraction of sp³-hybridized carbons (Fsp3) is 0.529. The van der Waals surface area contributed by atoms with Gasteiger partial charge in [-0.25, -0.2) is 15.0 Å². The Balaban J connectivity index is 1.45. The van der Waals surface area contributed by atoms with E-state index in [1.54, 1.807) is 24.7 Å². The van der Waals surface area contributed by atoms with Gasteiger partial charge in [-0.2, -0.15) is 0 Å². The molecule has 2 aromatic rings. The van der Waals surface area contributed by atoms with E-state index in [0.29, 0.717) is 40.9 Å². The highest BCUT2D eigenvalue weighted by Crippen LogP contribution is 2.26. The SMILES string of the molecule is C[C@H]1CCCC[C@@H]1OCCNC(=O)c1cnc(-c2ncccn2)s1. The highest BCUT2D eigenvalue weighted by molar-refractivity contribution is 7.16. The first-order chi connectivity index (χ1) is 11.7. The molecule has 1 fully saturated rings. The highest BCUT2D eigenvalue weighted by atomic mass is 32.1. The van der Waals surface area contributed by atoms with Gasteiger partial charge in [0.15, 0.2) is 10.8 Å². The maximum atomic E-state index is 12.2. The third-order valence-electron chi connectivity index (χ3n) is 4.24. The van der Waals surface area contributed by atoms with Crippen LogP contribution in [-0.4, -0.2) is 40.1 Å². The minimum Gasteiger partial charge on any atom is -0.376 e. The molecule has 128 valence electrons. The zero-order chi connectivity index (χ0) is 16.8. The lowest BCUT2D eigenvalue weighted by molar-refractivity contribution is -0.00292. The van der Waals surface area contributed by atoms with E-state index in [9.17, 15) is 4.79 Å². The summed E-state index contributed by atoms with van der Waals surface area (Å²) < 4.78 is 5.91. The third kappa shape index (κ3) is 4.36. The summed E-state index contributed by atoms with van der Waals surface area (Å²) in [5.41, 5.74) is 0. The molecule has 2 heterocycles. The van der Waals surface area contributed by atoms with Crippen molar-refractivity contribution in [3.63, 3.8) is 0 Å². The van der Waals surface area contributed by atoms with E-state index >= 15 is 0 Å². The summed E-state index contributed by atoms with van der Waals surface area (Å²) in [5, 5.41) is 3.53. The van der Waals surface area contributed by atoms with Crippen molar-refractivity contribution in [2.75, 3.05) is 13.2 Å². The average Bonchev–Trinajstić information content (AvgIpc) is 3.11. The summed E-state index contributed by atoms with van der Waals surface area (Å²) in [4.78, 5) is 25.2. The van der Waals surface area contributed by atoms with Crippen molar-refractivity contribution in [3.05, 3.63) is 29.5 Å². The summed E-state index contributed by atoms with van der Waals surface area (Å²) >= 11 is 1.29. The Morgan fingerprint density at radius 2 is 2.08 bits per heavy atom. The van der Waals surface area contributed by atoms with Crippen molar-refractivity contribution in [2.45, 2.75) is 38.7 Å². The molecule has 6 nitrogen and oxygen atoms in total. The van der Waals surface area contributed by atoms with Gasteiger partial charge in [0.2, 0.25) is 0 Å². The predicted octanol–water partition coefficient (Wildman–Crippen LogP) is 2.93. The van der Waals surface area contributed by atoms with Gasteiger partial charge in [-0.15, -0.1) is 11.3 Å². The summed E-state index contributed by atoms with van der Waals surface area (Å²) in [6.45, 7) is 3.30. The molecule has 1 aliphatic carbocycles. The molecule has 2 aromatic heterocycles. The van der Waals surface area contributed by atoms with E-state index in [1.807, 2.05) is 0 Å². The van der Waals surface area contributed by atoms with E-state index in [-0.39, 0.29) is 5.91 Å². The van der Waals surface area contributed by atoms with Crippen LogP contribution in [0.25, 0.3) is 10.8 Å². The smallest absolute Gasteiger partial charge is 0.263 e. The lowest BCUT2D eigenvalue weighted by atomic mass is 9.88. The van der Waals surface area contributed by atoms with Crippen LogP contribution in [0.4, 0.5) is 0 Å². The Hall–Kier alpha value is -1.86. The molecule has 1 saturated carbocycles. The van der Waals surface area contributed by atoms with Crippen LogP contribution >= 0.6 is 11.3 Å². The molecule has 0 bridgehead atoms. The van der Waals surface area contributed by atoms with Crippen LogP contribution in [0.15, 0.2) is 24.7 Å². The van der Waals surface area contributed by atoms with Crippen LogP contribution in [0, 0.1) is 5.92 Å². The van der Waals surface area contributed by atoms with E-state index in [4.69, 9.17) is 4.74 Å². The molecule has 7 heteroatoms. The van der Waals surface area contributed by atoms with Crippen molar-refractivity contribution in [3.8, 4) is 10.8 Å². The number of aromatic nitrogens is 3. The molecule has 1 amide bonds. The number of ether oxygens (including phenoxy) is 1. The van der Waals surface area contributed by atoms with Gasteiger partial charge in [0.25, 0.3) is 5.91 Å². The predicted molar refractivity (Wildman–Crippen MR) is 92.8 cm³/mol. The minimum atomic E-state index is -0.130. The summed E-state index contributed by atoms with van der Waals surface area (Å²) in [7, 11) is 0. The van der Waals surface area contributed by atoms with Crippen LogP contribution in [0.3, 0.4) is 0 Å². The molecular formula is C17H22N4O2S. The monoisotopic (exact) mass is 346 g/mol. The average molecular weight is 346 g/mol. The Labute approximate surface area is 145 Å². The summed E-state index contributed by atoms with van der Waals surface area (Å²) in [5.74, 6) is 1.02. The molecule has 0 spiro atoms. The van der Waals surface area contributed by atoms with Gasteiger partial charge in [-0.1, -0.05) is 19.8 Å². The number of carbonyl (C=O) groups excluding carboxylic acids is 1. The van der Waals surface area contributed by atoms with Gasteiger partial charge in [0.1, 0.15) is 4.88 Å². The first kappa shape index (κ1) is 17.0. The quantitative estimate of drug-likeness (QED) is 0.814. The lowest BCUT2D eigenvalue weighted by Gasteiger charge is -2.28. The van der Waals surface area contributed by atoms with Gasteiger partial charge in [-0.05, 0) is 24.8 Å². The van der Waals surface area contributed by atoms with Gasteiger partial charge in [0, 0.05) is 18.9 Å². The third-order valence-corrected chi connectivity index (χ3v) is 5.23. The first-order valence-corrected chi connectivity index (χ1v) is 9.18. The minimum absolute atomic E-state index is 0.130. The Bertz CT molecular complexity index is 662. The highest BCUT2D eigenvalue weighted by Gasteiger charge is 2.21. The summed E-state index contributed by atoms with van der Waals surface area (Å²) in [6.07, 6.45) is 10.1. The van der Waals surface area contributed by atoms with Gasteiger partial charge in [0.05, 0.1) is 18.9 Å². The first-order valence-electron chi connectivity index (χ1n) is 8.37. The lowest BCUT2D eigenvalue weighted by Crippen LogP contribution is -2.31. The molecule has 1 aliphatic rings. The fourth-order valence-corrected chi connectivity index (χ4v) is 3.66. The van der Waals surface area contributed by atoms with Crippen molar-refractivity contribution < 1.29 is 9.53 Å². The molecule has 0 radical (unpaired) electrons. The number of carbonyl (C=O) groups is 1. The maximum Gasteiger partial charge on any atom is 0.263 e. The Morgan fingerprint density at radius 1 is 1.29 bits per heavy atom. The zero-order valence-corrected chi connectivity index (χ0v) is 14.6. The standard InChI is InChI=1S/C17H22N4O2S/c1-12-5-2-3-6-13(12)23-10-9-20-16(22)14-11-21-17(24-14)15-18-7-4-8-19-15/h4,7-8,11-13H,2-3,5-6,9-10H2,1H3,(H,20,22)/t12-,13-/m0/s1. The van der Waals surface area contributed by atoms with Crippen LogP contribution in [-0.2, 0) is 4.74 Å². The molecular weight excluding hydrogens is 324 g/mol. The molecule has 0 aliphatic heterocycles. The largest absolute Gasteiger partial charge is 0.376 e. The maximum absolute atomic E-state index is 12.2. The zero-order valence-electron chi connectivity index (χ0n) is 13.8. The Kier molecular flexibility index (Phi) is 5.87. The number of nitrogens with zero attached hydrogens (tertiary/aromatic N) is 3. The van der Waals surface area contributed by atoms with Crippen molar-refractivity contribution in [1.82, 2.24) is 20.3 Å². The van der Waals surface area contributed by atoms with Gasteiger partial charge < -0.3 is 10.1 Å². The van der Waals surface area contributed by atoms with Gasteiger partial charge in [-0.3, -0.25) is 4.79 Å². The summed E-state index contributed by atoms with van der Waals surface area (Å²) in [6, 6.07) is 1.75. The molecule has 24 heavy (non-hydrogen) atoms. The number of hydrogen-bond donors (Lipinski definition) is 1. The molecule has 0 unspecified atom stereocenters. The van der Waals surface area contributed by atoms with Crippen LogP contribution < -0.4 is 5.32 Å². The van der Waals surface area contributed by atoms with Gasteiger partial charge >= 0.3 is 0 Å². The van der Waals surface area contributed by atoms with Crippen molar-refractivity contribution in [2.24, 2.45) is 5.92 Å². The number of rotatable bonds is 6. The van der Waals surface area contributed by atoms with E-state index in [1.165, 1.54) is 30.6 Å². The fourth-order valence-electron chi connectivity index (χ4n) is 2.88. The second kappa shape index (κ2) is 8.30. The molecule has 3 rings (SSSR count). The molecule has 1 N–H and O–H groups in total. The Morgan fingerprint density at radius 3 is 2.88 bits per heavy atom. The normalized spacial score (nSPS) is 20.7. The number of thiazole rings is 1. The van der Waals surface area contributed by atoms with Crippen LogP contribution in [0.5, 0.6) is 0 Å².